The molecule has 0 saturated carbocycles. The zero-order chi connectivity index (χ0) is 21.5. The standard InChI is InChI=1S/C19H23N3O7S/c1-28-11-10-22-17(24)13-30(26,27)19(22)6-8-20(9-7-19)16(23)12-21-14-4-2-3-5-15(14)29-18(21)25/h2-5H,6-13H2,1H3. The first kappa shape index (κ1) is 20.6. The maximum atomic E-state index is 12.8. The molecule has 10 nitrogen and oxygen atoms in total. The van der Waals surface area contributed by atoms with E-state index in [0.717, 1.165) is 0 Å². The maximum absolute atomic E-state index is 12.8. The number of likely N-dealkylation sites (tertiary alicyclic amines) is 1. The highest BCUT2D eigenvalue weighted by atomic mass is 32.2. The van der Waals surface area contributed by atoms with Crippen LogP contribution in [0.5, 0.6) is 0 Å². The van der Waals surface area contributed by atoms with Crippen molar-refractivity contribution < 1.29 is 27.2 Å². The van der Waals surface area contributed by atoms with Gasteiger partial charge in [-0.15, -0.1) is 0 Å². The number of ether oxygens (including phenoxy) is 1. The summed E-state index contributed by atoms with van der Waals surface area (Å²) in [6, 6.07) is 6.84. The fourth-order valence-electron chi connectivity index (χ4n) is 4.37. The molecule has 0 bridgehead atoms. The summed E-state index contributed by atoms with van der Waals surface area (Å²) >= 11 is 0. The topological polar surface area (TPSA) is 119 Å². The molecule has 0 unspecified atom stereocenters. The van der Waals surface area contributed by atoms with Crippen molar-refractivity contribution in [2.75, 3.05) is 39.1 Å². The van der Waals surface area contributed by atoms with E-state index in [9.17, 15) is 22.8 Å². The number of methoxy groups -OCH3 is 1. The smallest absolute Gasteiger partial charge is 0.408 e. The molecule has 2 saturated heterocycles. The molecular weight excluding hydrogens is 414 g/mol. The Kier molecular flexibility index (Phi) is 5.18. The molecule has 30 heavy (non-hydrogen) atoms. The van der Waals surface area contributed by atoms with E-state index in [2.05, 4.69) is 0 Å². The highest BCUT2D eigenvalue weighted by molar-refractivity contribution is 7.93. The molecule has 2 amide bonds. The predicted octanol–water partition coefficient (Wildman–Crippen LogP) is -0.183. The van der Waals surface area contributed by atoms with Gasteiger partial charge < -0.3 is 19.0 Å². The number of para-hydroxylation sites is 2. The Morgan fingerprint density at radius 3 is 2.60 bits per heavy atom. The second-order valence-corrected chi connectivity index (χ2v) is 9.82. The number of hydrogen-bond donors (Lipinski definition) is 0. The third-order valence-electron chi connectivity index (χ3n) is 5.97. The molecule has 0 radical (unpaired) electrons. The van der Waals surface area contributed by atoms with Gasteiger partial charge in [-0.2, -0.15) is 0 Å². The molecule has 1 aromatic carbocycles. The van der Waals surface area contributed by atoms with E-state index in [0.29, 0.717) is 11.1 Å². The Morgan fingerprint density at radius 1 is 1.20 bits per heavy atom. The number of carbonyl (C=O) groups is 2. The summed E-state index contributed by atoms with van der Waals surface area (Å²) in [4.78, 5) is 38.9. The van der Waals surface area contributed by atoms with Gasteiger partial charge in [0.25, 0.3) is 0 Å². The molecule has 3 heterocycles. The lowest BCUT2D eigenvalue weighted by Crippen LogP contribution is -2.58. The number of carbonyl (C=O) groups excluding carboxylic acids is 2. The third-order valence-corrected chi connectivity index (χ3v) is 8.38. The van der Waals surface area contributed by atoms with Gasteiger partial charge in [0.15, 0.2) is 15.4 Å². The van der Waals surface area contributed by atoms with Crippen LogP contribution in [0.2, 0.25) is 0 Å². The summed E-state index contributed by atoms with van der Waals surface area (Å²) in [6.07, 6.45) is 0.273. The van der Waals surface area contributed by atoms with Crippen LogP contribution in [0.1, 0.15) is 12.8 Å². The van der Waals surface area contributed by atoms with Gasteiger partial charge in [0.1, 0.15) is 17.2 Å². The molecule has 0 aliphatic carbocycles. The number of nitrogens with zero attached hydrogens (tertiary/aromatic N) is 3. The van der Waals surface area contributed by atoms with Gasteiger partial charge in [-0.25, -0.2) is 13.2 Å². The fourth-order valence-corrected chi connectivity index (χ4v) is 6.45. The van der Waals surface area contributed by atoms with Gasteiger partial charge >= 0.3 is 5.76 Å². The van der Waals surface area contributed by atoms with E-state index in [-0.39, 0.29) is 51.5 Å². The molecule has 11 heteroatoms. The number of rotatable bonds is 5. The molecule has 162 valence electrons. The Bertz CT molecular complexity index is 1140. The number of oxazole rings is 1. The largest absolute Gasteiger partial charge is 0.420 e. The van der Waals surface area contributed by atoms with Crippen LogP contribution in [0.4, 0.5) is 0 Å². The predicted molar refractivity (Wildman–Crippen MR) is 106 cm³/mol. The molecule has 1 aromatic heterocycles. The number of aromatic nitrogens is 1. The average molecular weight is 437 g/mol. The van der Waals surface area contributed by atoms with Crippen LogP contribution in [-0.4, -0.2) is 78.6 Å². The first-order chi connectivity index (χ1) is 14.3. The van der Waals surface area contributed by atoms with Crippen LogP contribution in [0, 0.1) is 0 Å². The van der Waals surface area contributed by atoms with Crippen LogP contribution in [0.25, 0.3) is 11.1 Å². The van der Waals surface area contributed by atoms with Crippen molar-refractivity contribution in [3.63, 3.8) is 0 Å². The van der Waals surface area contributed by atoms with Crippen LogP contribution < -0.4 is 5.76 Å². The lowest BCUT2D eigenvalue weighted by molar-refractivity contribution is -0.136. The summed E-state index contributed by atoms with van der Waals surface area (Å²) in [7, 11) is -2.17. The molecule has 2 aliphatic heterocycles. The summed E-state index contributed by atoms with van der Waals surface area (Å²) in [5, 5.41) is 0. The molecule has 2 aromatic rings. The number of sulfone groups is 1. The lowest BCUT2D eigenvalue weighted by Gasteiger charge is -2.43. The summed E-state index contributed by atoms with van der Waals surface area (Å²) in [5.74, 6) is -1.86. The van der Waals surface area contributed by atoms with E-state index < -0.39 is 32.1 Å². The summed E-state index contributed by atoms with van der Waals surface area (Å²) in [5.41, 5.74) is 0.927. The van der Waals surface area contributed by atoms with Gasteiger partial charge in [0, 0.05) is 39.6 Å². The Balaban J connectivity index is 1.51. The Hall–Kier alpha value is -2.66. The highest BCUT2D eigenvalue weighted by Gasteiger charge is 2.58. The molecule has 2 aliphatic rings. The quantitative estimate of drug-likeness (QED) is 0.636. The van der Waals surface area contributed by atoms with Crippen LogP contribution in [-0.2, 0) is 30.7 Å². The van der Waals surface area contributed by atoms with Gasteiger partial charge in [-0.3, -0.25) is 14.2 Å². The second kappa shape index (κ2) is 7.55. The first-order valence-electron chi connectivity index (χ1n) is 9.67. The third kappa shape index (κ3) is 3.21. The van der Waals surface area contributed by atoms with Crippen molar-refractivity contribution in [3.05, 3.63) is 34.8 Å². The molecular formula is C19H23N3O7S. The van der Waals surface area contributed by atoms with Crippen molar-refractivity contribution in [2.45, 2.75) is 24.3 Å². The number of amides is 2. The van der Waals surface area contributed by atoms with Gasteiger partial charge in [-0.1, -0.05) is 12.1 Å². The minimum atomic E-state index is -3.66. The Labute approximate surface area is 172 Å². The normalized spacial score (nSPS) is 20.4. The average Bonchev–Trinajstić information content (AvgIpc) is 3.11. The number of benzene rings is 1. The van der Waals surface area contributed by atoms with Gasteiger partial charge in [0.05, 0.1) is 12.1 Å². The van der Waals surface area contributed by atoms with E-state index in [1.165, 1.54) is 21.5 Å². The van der Waals surface area contributed by atoms with Crippen LogP contribution >= 0.6 is 0 Å². The van der Waals surface area contributed by atoms with Crippen LogP contribution in [0.15, 0.2) is 33.5 Å². The molecule has 0 N–H and O–H groups in total. The van der Waals surface area contributed by atoms with E-state index >= 15 is 0 Å². The van der Waals surface area contributed by atoms with Crippen molar-refractivity contribution in [1.29, 1.82) is 0 Å². The molecule has 2 fully saturated rings. The lowest BCUT2D eigenvalue weighted by atomic mass is 10.0. The number of piperidine rings is 1. The summed E-state index contributed by atoms with van der Waals surface area (Å²) < 4.78 is 37.0. The highest BCUT2D eigenvalue weighted by Crippen LogP contribution is 2.39. The van der Waals surface area contributed by atoms with Crippen molar-refractivity contribution in [2.24, 2.45) is 0 Å². The monoisotopic (exact) mass is 437 g/mol. The van der Waals surface area contributed by atoms with Gasteiger partial charge in [-0.05, 0) is 12.1 Å². The maximum Gasteiger partial charge on any atom is 0.420 e. The van der Waals surface area contributed by atoms with Crippen molar-refractivity contribution in [1.82, 2.24) is 14.4 Å². The SMILES string of the molecule is COCCN1C(=O)CS(=O)(=O)C12CCN(C(=O)Cn1c(=O)oc3ccccc31)CC2. The molecule has 4 rings (SSSR count). The number of hydrogen-bond acceptors (Lipinski definition) is 7. The molecule has 0 atom stereocenters. The van der Waals surface area contributed by atoms with Crippen molar-refractivity contribution in [3.8, 4) is 0 Å². The van der Waals surface area contributed by atoms with Gasteiger partial charge in [0.2, 0.25) is 11.8 Å². The Morgan fingerprint density at radius 2 is 1.90 bits per heavy atom. The first-order valence-corrected chi connectivity index (χ1v) is 11.3. The number of fused-ring (bicyclic) bond motifs is 1. The fraction of sp³-hybridized carbons (Fsp3) is 0.526. The zero-order valence-corrected chi connectivity index (χ0v) is 17.4. The molecule has 1 spiro atoms. The van der Waals surface area contributed by atoms with Crippen LogP contribution in [0.3, 0.4) is 0 Å². The van der Waals surface area contributed by atoms with E-state index in [4.69, 9.17) is 9.15 Å². The van der Waals surface area contributed by atoms with Crippen molar-refractivity contribution >= 4 is 32.8 Å². The minimum Gasteiger partial charge on any atom is -0.408 e. The van der Waals surface area contributed by atoms with E-state index in [1.807, 2.05) is 0 Å². The second-order valence-electron chi connectivity index (χ2n) is 7.55. The summed E-state index contributed by atoms with van der Waals surface area (Å²) in [6.45, 7) is 0.599. The zero-order valence-electron chi connectivity index (χ0n) is 16.6. The minimum absolute atomic E-state index is 0.136. The van der Waals surface area contributed by atoms with E-state index in [1.54, 1.807) is 24.3 Å².